The fraction of sp³-hybridized carbons (Fsp3) is 0.333. The predicted octanol–water partition coefficient (Wildman–Crippen LogP) is 0.870. The Morgan fingerprint density at radius 3 is 2.67 bits per heavy atom. The first-order valence-corrected chi connectivity index (χ1v) is 5.40. The van der Waals surface area contributed by atoms with Crippen molar-refractivity contribution in [2.75, 3.05) is 12.8 Å². The van der Waals surface area contributed by atoms with Gasteiger partial charge in [-0.15, -0.1) is 0 Å². The first-order valence-electron chi connectivity index (χ1n) is 5.40. The maximum Gasteiger partial charge on any atom is 0.305 e. The van der Waals surface area contributed by atoms with Gasteiger partial charge < -0.3 is 20.9 Å². The van der Waals surface area contributed by atoms with Gasteiger partial charge >= 0.3 is 5.97 Å². The quantitative estimate of drug-likeness (QED) is 0.675. The van der Waals surface area contributed by atoms with E-state index in [1.165, 1.54) is 19.2 Å². The van der Waals surface area contributed by atoms with Crippen LogP contribution in [0, 0.1) is 0 Å². The Morgan fingerprint density at radius 2 is 2.17 bits per heavy atom. The molecule has 1 aromatic rings. The number of carbonyl (C=O) groups is 2. The van der Waals surface area contributed by atoms with E-state index in [2.05, 4.69) is 5.32 Å². The number of carbonyl (C=O) groups excluding carboxylic acids is 1. The van der Waals surface area contributed by atoms with Crippen LogP contribution in [0.1, 0.15) is 23.7 Å². The minimum absolute atomic E-state index is 0.137. The molecule has 0 saturated heterocycles. The van der Waals surface area contributed by atoms with Crippen LogP contribution in [0.4, 0.5) is 5.69 Å². The SMILES string of the molecule is COc1ccc(C(=O)NC(C)CC(=O)O)c(N)c1. The van der Waals surface area contributed by atoms with E-state index in [9.17, 15) is 9.59 Å². The smallest absolute Gasteiger partial charge is 0.305 e. The number of benzene rings is 1. The van der Waals surface area contributed by atoms with Gasteiger partial charge in [-0.3, -0.25) is 9.59 Å². The molecule has 0 aromatic heterocycles. The molecule has 0 aliphatic carbocycles. The van der Waals surface area contributed by atoms with E-state index in [1.807, 2.05) is 0 Å². The summed E-state index contributed by atoms with van der Waals surface area (Å²) in [7, 11) is 1.50. The van der Waals surface area contributed by atoms with Crippen molar-refractivity contribution < 1.29 is 19.4 Å². The van der Waals surface area contributed by atoms with Gasteiger partial charge in [0.2, 0.25) is 0 Å². The molecule has 1 rings (SSSR count). The van der Waals surface area contributed by atoms with Crippen molar-refractivity contribution in [1.29, 1.82) is 0 Å². The molecule has 0 heterocycles. The van der Waals surface area contributed by atoms with E-state index in [4.69, 9.17) is 15.6 Å². The molecular weight excluding hydrogens is 236 g/mol. The largest absolute Gasteiger partial charge is 0.497 e. The highest BCUT2D eigenvalue weighted by molar-refractivity contribution is 5.99. The maximum atomic E-state index is 11.8. The summed E-state index contributed by atoms with van der Waals surface area (Å²) in [6.45, 7) is 1.62. The molecule has 1 unspecified atom stereocenters. The molecule has 1 aromatic carbocycles. The monoisotopic (exact) mass is 252 g/mol. The highest BCUT2D eigenvalue weighted by atomic mass is 16.5. The van der Waals surface area contributed by atoms with E-state index < -0.39 is 17.9 Å². The van der Waals surface area contributed by atoms with Gasteiger partial charge in [-0.05, 0) is 19.1 Å². The van der Waals surface area contributed by atoms with Gasteiger partial charge in [-0.25, -0.2) is 0 Å². The van der Waals surface area contributed by atoms with Crippen LogP contribution in [0.2, 0.25) is 0 Å². The summed E-state index contributed by atoms with van der Waals surface area (Å²) < 4.78 is 4.97. The second-order valence-corrected chi connectivity index (χ2v) is 3.93. The number of rotatable bonds is 5. The van der Waals surface area contributed by atoms with Crippen molar-refractivity contribution in [3.8, 4) is 5.75 Å². The third-order valence-electron chi connectivity index (χ3n) is 2.36. The van der Waals surface area contributed by atoms with Crippen molar-refractivity contribution >= 4 is 17.6 Å². The zero-order chi connectivity index (χ0) is 13.7. The van der Waals surface area contributed by atoms with Crippen molar-refractivity contribution in [1.82, 2.24) is 5.32 Å². The molecule has 6 nitrogen and oxygen atoms in total. The number of nitrogens with one attached hydrogen (secondary N) is 1. The fourth-order valence-corrected chi connectivity index (χ4v) is 1.49. The van der Waals surface area contributed by atoms with E-state index in [1.54, 1.807) is 13.0 Å². The maximum absolute atomic E-state index is 11.8. The van der Waals surface area contributed by atoms with Crippen LogP contribution >= 0.6 is 0 Å². The van der Waals surface area contributed by atoms with Crippen LogP contribution in [0.5, 0.6) is 5.75 Å². The van der Waals surface area contributed by atoms with Crippen LogP contribution in [-0.4, -0.2) is 30.1 Å². The number of carboxylic acids is 1. The van der Waals surface area contributed by atoms with Gasteiger partial charge in [0.25, 0.3) is 5.91 Å². The molecule has 0 fully saturated rings. The Morgan fingerprint density at radius 1 is 1.50 bits per heavy atom. The Balaban J connectivity index is 2.75. The first-order chi connectivity index (χ1) is 8.43. The number of carboxylic acid groups (broad SMARTS) is 1. The number of ether oxygens (including phenoxy) is 1. The lowest BCUT2D eigenvalue weighted by Crippen LogP contribution is -2.34. The molecule has 0 radical (unpaired) electrons. The lowest BCUT2D eigenvalue weighted by Gasteiger charge is -2.13. The average Bonchev–Trinajstić information content (AvgIpc) is 2.27. The Bertz CT molecular complexity index is 459. The summed E-state index contributed by atoms with van der Waals surface area (Å²) in [6.07, 6.45) is -0.137. The van der Waals surface area contributed by atoms with Crippen LogP contribution < -0.4 is 15.8 Å². The van der Waals surface area contributed by atoms with Gasteiger partial charge in [-0.2, -0.15) is 0 Å². The normalized spacial score (nSPS) is 11.7. The molecule has 18 heavy (non-hydrogen) atoms. The summed E-state index contributed by atoms with van der Waals surface area (Å²) in [5.74, 6) is -0.808. The van der Waals surface area contributed by atoms with E-state index >= 15 is 0 Å². The van der Waals surface area contributed by atoms with Crippen molar-refractivity contribution in [2.24, 2.45) is 0 Å². The van der Waals surface area contributed by atoms with E-state index in [-0.39, 0.29) is 12.1 Å². The van der Waals surface area contributed by atoms with Crippen molar-refractivity contribution in [3.63, 3.8) is 0 Å². The molecule has 0 saturated carbocycles. The average molecular weight is 252 g/mol. The molecule has 1 atom stereocenters. The number of methoxy groups -OCH3 is 1. The second kappa shape index (κ2) is 5.90. The Kier molecular flexibility index (Phi) is 4.53. The Labute approximate surface area is 105 Å². The highest BCUT2D eigenvalue weighted by Crippen LogP contribution is 2.19. The molecule has 4 N–H and O–H groups in total. The molecule has 6 heteroatoms. The molecule has 0 bridgehead atoms. The number of hydrogen-bond acceptors (Lipinski definition) is 4. The number of nitrogens with two attached hydrogens (primary N) is 1. The van der Waals surface area contributed by atoms with Crippen LogP contribution in [0.25, 0.3) is 0 Å². The second-order valence-electron chi connectivity index (χ2n) is 3.93. The Hall–Kier alpha value is -2.24. The standard InChI is InChI=1S/C12H16N2O4/c1-7(5-11(15)16)14-12(17)9-4-3-8(18-2)6-10(9)13/h3-4,6-7H,5,13H2,1-2H3,(H,14,17)(H,15,16). The van der Waals surface area contributed by atoms with Gasteiger partial charge in [0.15, 0.2) is 0 Å². The summed E-state index contributed by atoms with van der Waals surface area (Å²) in [5.41, 5.74) is 6.30. The fourth-order valence-electron chi connectivity index (χ4n) is 1.49. The van der Waals surface area contributed by atoms with Gasteiger partial charge in [0.1, 0.15) is 5.75 Å². The molecule has 0 aliphatic heterocycles. The van der Waals surface area contributed by atoms with Crippen LogP contribution in [-0.2, 0) is 4.79 Å². The van der Waals surface area contributed by atoms with Gasteiger partial charge in [-0.1, -0.05) is 0 Å². The number of aliphatic carboxylic acids is 1. The summed E-state index contributed by atoms with van der Waals surface area (Å²) in [6, 6.07) is 4.23. The number of hydrogen-bond donors (Lipinski definition) is 3. The van der Waals surface area contributed by atoms with Crippen molar-refractivity contribution in [3.05, 3.63) is 23.8 Å². The minimum atomic E-state index is -0.967. The number of amides is 1. The third-order valence-corrected chi connectivity index (χ3v) is 2.36. The third kappa shape index (κ3) is 3.65. The summed E-state index contributed by atoms with van der Waals surface area (Å²) >= 11 is 0. The summed E-state index contributed by atoms with van der Waals surface area (Å²) in [4.78, 5) is 22.3. The van der Waals surface area contributed by atoms with Crippen LogP contribution in [0.3, 0.4) is 0 Å². The molecule has 0 aliphatic rings. The van der Waals surface area contributed by atoms with Crippen molar-refractivity contribution in [2.45, 2.75) is 19.4 Å². The first kappa shape index (κ1) is 13.8. The molecular formula is C12H16N2O4. The number of anilines is 1. The molecule has 0 spiro atoms. The van der Waals surface area contributed by atoms with Gasteiger partial charge in [0.05, 0.1) is 19.1 Å². The topological polar surface area (TPSA) is 102 Å². The minimum Gasteiger partial charge on any atom is -0.497 e. The lowest BCUT2D eigenvalue weighted by atomic mass is 10.1. The summed E-state index contributed by atoms with van der Waals surface area (Å²) in [5, 5.41) is 11.2. The zero-order valence-electron chi connectivity index (χ0n) is 10.3. The molecule has 98 valence electrons. The van der Waals surface area contributed by atoms with E-state index in [0.29, 0.717) is 11.3 Å². The van der Waals surface area contributed by atoms with E-state index in [0.717, 1.165) is 0 Å². The van der Waals surface area contributed by atoms with Crippen LogP contribution in [0.15, 0.2) is 18.2 Å². The molecule has 1 amide bonds. The highest BCUT2D eigenvalue weighted by Gasteiger charge is 2.15. The number of nitrogen functional groups attached to an aromatic ring is 1. The zero-order valence-corrected chi connectivity index (χ0v) is 10.3. The lowest BCUT2D eigenvalue weighted by molar-refractivity contribution is -0.137. The predicted molar refractivity (Wildman–Crippen MR) is 66.6 cm³/mol. The van der Waals surface area contributed by atoms with Gasteiger partial charge in [0, 0.05) is 17.8 Å².